The van der Waals surface area contributed by atoms with E-state index in [1.54, 1.807) is 26.0 Å². The van der Waals surface area contributed by atoms with Gasteiger partial charge in [0.05, 0.1) is 21.4 Å². The predicted molar refractivity (Wildman–Crippen MR) is 88.2 cm³/mol. The molecule has 2 aromatic carbocycles. The molecule has 0 heterocycles. The van der Waals surface area contributed by atoms with Crippen molar-refractivity contribution in [3.63, 3.8) is 0 Å². The highest BCUT2D eigenvalue weighted by atomic mass is 32.2. The summed E-state index contributed by atoms with van der Waals surface area (Å²) in [5.74, 6) is -0.183. The Kier molecular flexibility index (Phi) is 5.16. The first kappa shape index (κ1) is 16.0. The largest absolute Gasteiger partial charge is 0.325 e. The van der Waals surface area contributed by atoms with Crippen molar-refractivity contribution in [1.82, 2.24) is 0 Å². The number of carbonyl (C=O) groups excluding carboxylic acids is 1. The minimum absolute atomic E-state index is 0.00108. The zero-order chi connectivity index (χ0) is 16.1. The zero-order valence-corrected chi connectivity index (χ0v) is 13.1. The van der Waals surface area contributed by atoms with E-state index in [0.717, 1.165) is 4.90 Å². The van der Waals surface area contributed by atoms with Crippen LogP contribution in [0.2, 0.25) is 0 Å². The lowest BCUT2D eigenvalue weighted by Gasteiger charge is -2.13. The Balaban J connectivity index is 2.09. The summed E-state index contributed by atoms with van der Waals surface area (Å²) in [6, 6.07) is 14.3. The van der Waals surface area contributed by atoms with Crippen molar-refractivity contribution in [2.45, 2.75) is 24.0 Å². The van der Waals surface area contributed by atoms with Crippen molar-refractivity contribution < 1.29 is 9.72 Å². The molecule has 1 unspecified atom stereocenters. The standard InChI is InChI=1S/C16H16N2O3S/c1-11-14(9-6-10-15(11)18(20)21)17-16(19)12(2)22-13-7-4-3-5-8-13/h3-10,12H,1-2H3,(H,17,19). The summed E-state index contributed by atoms with van der Waals surface area (Å²) in [5.41, 5.74) is 0.929. The number of anilines is 1. The van der Waals surface area contributed by atoms with Crippen LogP contribution in [0.1, 0.15) is 12.5 Å². The van der Waals surface area contributed by atoms with Crippen LogP contribution in [0.3, 0.4) is 0 Å². The second-order valence-corrected chi connectivity index (χ2v) is 6.18. The molecule has 0 radical (unpaired) electrons. The molecule has 0 aliphatic rings. The molecule has 0 aliphatic carbocycles. The molecule has 1 atom stereocenters. The van der Waals surface area contributed by atoms with Crippen LogP contribution in [0.4, 0.5) is 11.4 Å². The first-order valence-electron chi connectivity index (χ1n) is 6.75. The van der Waals surface area contributed by atoms with Gasteiger partial charge in [-0.3, -0.25) is 14.9 Å². The highest BCUT2D eigenvalue weighted by Crippen LogP contribution is 2.27. The van der Waals surface area contributed by atoms with E-state index in [2.05, 4.69) is 5.32 Å². The second-order valence-electron chi connectivity index (χ2n) is 4.77. The number of benzene rings is 2. The van der Waals surface area contributed by atoms with E-state index in [4.69, 9.17) is 0 Å². The monoisotopic (exact) mass is 316 g/mol. The van der Waals surface area contributed by atoms with Gasteiger partial charge in [0, 0.05) is 11.0 Å². The van der Waals surface area contributed by atoms with Crippen LogP contribution in [0.15, 0.2) is 53.4 Å². The number of carbonyl (C=O) groups is 1. The summed E-state index contributed by atoms with van der Waals surface area (Å²) in [7, 11) is 0. The van der Waals surface area contributed by atoms with Gasteiger partial charge in [-0.15, -0.1) is 11.8 Å². The zero-order valence-electron chi connectivity index (χ0n) is 12.3. The number of thioether (sulfide) groups is 1. The molecule has 0 spiro atoms. The van der Waals surface area contributed by atoms with E-state index >= 15 is 0 Å². The molecule has 0 bridgehead atoms. The third-order valence-electron chi connectivity index (χ3n) is 3.19. The van der Waals surface area contributed by atoms with Crippen molar-refractivity contribution in [3.8, 4) is 0 Å². The van der Waals surface area contributed by atoms with Crippen LogP contribution in [0.25, 0.3) is 0 Å². The van der Waals surface area contributed by atoms with Gasteiger partial charge in [-0.05, 0) is 32.0 Å². The molecule has 0 fully saturated rings. The summed E-state index contributed by atoms with van der Waals surface area (Å²) in [6.45, 7) is 3.43. The number of hydrogen-bond donors (Lipinski definition) is 1. The van der Waals surface area contributed by atoms with Gasteiger partial charge in [0.25, 0.3) is 5.69 Å². The van der Waals surface area contributed by atoms with Crippen molar-refractivity contribution in [3.05, 3.63) is 64.2 Å². The number of amides is 1. The van der Waals surface area contributed by atoms with Gasteiger partial charge >= 0.3 is 0 Å². The average molecular weight is 316 g/mol. The lowest BCUT2D eigenvalue weighted by Crippen LogP contribution is -2.22. The lowest BCUT2D eigenvalue weighted by atomic mass is 10.1. The Labute approximate surface area is 132 Å². The molecule has 5 nitrogen and oxygen atoms in total. The topological polar surface area (TPSA) is 72.2 Å². The number of nitrogens with one attached hydrogen (secondary N) is 1. The van der Waals surface area contributed by atoms with Gasteiger partial charge in [-0.25, -0.2) is 0 Å². The smallest absolute Gasteiger partial charge is 0.274 e. The van der Waals surface area contributed by atoms with Crippen molar-refractivity contribution in [1.29, 1.82) is 0 Å². The Bertz CT molecular complexity index is 689. The van der Waals surface area contributed by atoms with Gasteiger partial charge in [0.2, 0.25) is 5.91 Å². The molecule has 22 heavy (non-hydrogen) atoms. The van der Waals surface area contributed by atoms with Crippen LogP contribution in [0, 0.1) is 17.0 Å². The number of nitro groups is 1. The molecular formula is C16H16N2O3S. The van der Waals surface area contributed by atoms with E-state index in [-0.39, 0.29) is 16.8 Å². The maximum atomic E-state index is 12.2. The fraction of sp³-hybridized carbons (Fsp3) is 0.188. The minimum Gasteiger partial charge on any atom is -0.325 e. The molecule has 1 amide bonds. The van der Waals surface area contributed by atoms with Gasteiger partial charge in [-0.1, -0.05) is 24.3 Å². The average Bonchev–Trinajstić information content (AvgIpc) is 2.50. The first-order chi connectivity index (χ1) is 10.5. The number of hydrogen-bond acceptors (Lipinski definition) is 4. The van der Waals surface area contributed by atoms with Crippen molar-refractivity contribution >= 4 is 29.0 Å². The maximum Gasteiger partial charge on any atom is 0.274 e. The normalized spacial score (nSPS) is 11.7. The van der Waals surface area contributed by atoms with Crippen LogP contribution >= 0.6 is 11.8 Å². The molecule has 6 heteroatoms. The second kappa shape index (κ2) is 7.09. The summed E-state index contributed by atoms with van der Waals surface area (Å²) >= 11 is 1.44. The van der Waals surface area contributed by atoms with E-state index in [1.165, 1.54) is 17.8 Å². The number of rotatable bonds is 5. The summed E-state index contributed by atoms with van der Waals surface area (Å²) in [5, 5.41) is 13.4. The summed E-state index contributed by atoms with van der Waals surface area (Å²) in [4.78, 5) is 23.7. The third kappa shape index (κ3) is 3.85. The Morgan fingerprint density at radius 2 is 1.86 bits per heavy atom. The fourth-order valence-electron chi connectivity index (χ4n) is 1.95. The quantitative estimate of drug-likeness (QED) is 0.513. The Morgan fingerprint density at radius 1 is 1.18 bits per heavy atom. The molecule has 0 saturated carbocycles. The molecule has 0 aromatic heterocycles. The summed E-state index contributed by atoms with van der Waals surface area (Å²) < 4.78 is 0. The number of nitro benzene ring substituents is 1. The maximum absolute atomic E-state index is 12.2. The van der Waals surface area contributed by atoms with Crippen LogP contribution < -0.4 is 5.32 Å². The van der Waals surface area contributed by atoms with E-state index < -0.39 is 4.92 Å². The highest BCUT2D eigenvalue weighted by Gasteiger charge is 2.18. The van der Waals surface area contributed by atoms with Gasteiger partial charge < -0.3 is 5.32 Å². The van der Waals surface area contributed by atoms with E-state index in [0.29, 0.717) is 11.3 Å². The highest BCUT2D eigenvalue weighted by molar-refractivity contribution is 8.00. The molecule has 0 saturated heterocycles. The molecule has 114 valence electrons. The third-order valence-corrected chi connectivity index (χ3v) is 4.30. The van der Waals surface area contributed by atoms with Gasteiger partial charge in [0.15, 0.2) is 0 Å². The Hall–Kier alpha value is -2.34. The molecule has 2 rings (SSSR count). The van der Waals surface area contributed by atoms with Crippen molar-refractivity contribution in [2.75, 3.05) is 5.32 Å². The molecule has 2 aromatic rings. The molecule has 1 N–H and O–H groups in total. The minimum atomic E-state index is -0.451. The first-order valence-corrected chi connectivity index (χ1v) is 7.63. The SMILES string of the molecule is Cc1c(NC(=O)C(C)Sc2ccccc2)cccc1[N+](=O)[O-]. The Morgan fingerprint density at radius 3 is 2.50 bits per heavy atom. The lowest BCUT2D eigenvalue weighted by molar-refractivity contribution is -0.385. The van der Waals surface area contributed by atoms with E-state index in [1.807, 2.05) is 30.3 Å². The van der Waals surface area contributed by atoms with Crippen LogP contribution in [-0.2, 0) is 4.79 Å². The van der Waals surface area contributed by atoms with Gasteiger partial charge in [-0.2, -0.15) is 0 Å². The fourth-order valence-corrected chi connectivity index (χ4v) is 2.84. The molecular weight excluding hydrogens is 300 g/mol. The van der Waals surface area contributed by atoms with Crippen LogP contribution in [-0.4, -0.2) is 16.1 Å². The van der Waals surface area contributed by atoms with E-state index in [9.17, 15) is 14.9 Å². The molecule has 0 aliphatic heterocycles. The van der Waals surface area contributed by atoms with Crippen molar-refractivity contribution in [2.24, 2.45) is 0 Å². The predicted octanol–water partition coefficient (Wildman–Crippen LogP) is 4.02. The van der Waals surface area contributed by atoms with Crippen LogP contribution in [0.5, 0.6) is 0 Å². The van der Waals surface area contributed by atoms with Gasteiger partial charge in [0.1, 0.15) is 0 Å². The summed E-state index contributed by atoms with van der Waals surface area (Å²) in [6.07, 6.45) is 0. The number of nitrogens with zero attached hydrogens (tertiary/aromatic N) is 1.